The molecule has 29 heavy (non-hydrogen) atoms. The van der Waals surface area contributed by atoms with Gasteiger partial charge in [0.05, 0.1) is 11.1 Å². The Morgan fingerprint density at radius 1 is 1.14 bits per heavy atom. The summed E-state index contributed by atoms with van der Waals surface area (Å²) in [5.74, 6) is -1.07. The van der Waals surface area contributed by atoms with Crippen molar-refractivity contribution in [2.75, 3.05) is 0 Å². The number of hydrogen-bond acceptors (Lipinski definition) is 5. The number of aromatic nitrogens is 1. The van der Waals surface area contributed by atoms with Gasteiger partial charge in [-0.1, -0.05) is 0 Å². The van der Waals surface area contributed by atoms with Gasteiger partial charge in [-0.05, 0) is 84.7 Å². The van der Waals surface area contributed by atoms with Crippen LogP contribution in [0.3, 0.4) is 0 Å². The highest BCUT2D eigenvalue weighted by molar-refractivity contribution is 14.1. The Hall–Kier alpha value is -3.21. The lowest BCUT2D eigenvalue weighted by Crippen LogP contribution is -2.17. The maximum Gasteiger partial charge on any atom is 0.271 e. The lowest BCUT2D eigenvalue weighted by Gasteiger charge is -2.10. The minimum atomic E-state index is -0.740. The standard InChI is InChI=1S/C20H17IN4O4/c1-12-3-4-13(2)24(12)16-7-5-15(6-8-16)20(27)23-22-11-14-9-17(21)19(26)18(10-14)25(28)29/h3-11,26H,1-2H3,(H,23,27)/p-1/b22-11-. The second-order valence-corrected chi connectivity index (χ2v) is 7.47. The van der Waals surface area contributed by atoms with Crippen molar-refractivity contribution in [3.05, 3.63) is 84.7 Å². The molecule has 0 unspecified atom stereocenters. The highest BCUT2D eigenvalue weighted by atomic mass is 127. The molecule has 0 aliphatic rings. The van der Waals surface area contributed by atoms with Gasteiger partial charge >= 0.3 is 0 Å². The molecule has 0 aliphatic carbocycles. The van der Waals surface area contributed by atoms with Gasteiger partial charge in [0.15, 0.2) is 0 Å². The van der Waals surface area contributed by atoms with E-state index in [1.54, 1.807) is 34.7 Å². The van der Waals surface area contributed by atoms with Crippen LogP contribution in [0.15, 0.2) is 53.6 Å². The van der Waals surface area contributed by atoms with Gasteiger partial charge in [0, 0.05) is 37.8 Å². The van der Waals surface area contributed by atoms with E-state index in [1.807, 2.05) is 38.1 Å². The van der Waals surface area contributed by atoms with Gasteiger partial charge in [-0.15, -0.1) is 0 Å². The van der Waals surface area contributed by atoms with E-state index in [0.717, 1.165) is 23.1 Å². The number of hydrogen-bond donors (Lipinski definition) is 1. The number of benzene rings is 2. The van der Waals surface area contributed by atoms with Gasteiger partial charge in [-0.3, -0.25) is 14.9 Å². The number of aryl methyl sites for hydroxylation is 2. The van der Waals surface area contributed by atoms with Crippen LogP contribution in [0.2, 0.25) is 0 Å². The molecule has 1 amide bonds. The van der Waals surface area contributed by atoms with Crippen molar-refractivity contribution >= 4 is 40.4 Å². The average Bonchev–Trinajstić information content (AvgIpc) is 3.02. The number of nitro benzene ring substituents is 1. The topological polar surface area (TPSA) is 113 Å². The maximum absolute atomic E-state index is 12.3. The molecule has 3 aromatic rings. The highest BCUT2D eigenvalue weighted by Gasteiger charge is 2.11. The molecule has 1 N–H and O–H groups in total. The molecule has 3 rings (SSSR count). The maximum atomic E-state index is 12.3. The predicted molar refractivity (Wildman–Crippen MR) is 116 cm³/mol. The zero-order chi connectivity index (χ0) is 21.1. The molecule has 0 aliphatic heterocycles. The number of halogens is 1. The number of nitrogens with zero attached hydrogens (tertiary/aromatic N) is 3. The van der Waals surface area contributed by atoms with Crippen LogP contribution in [0.4, 0.5) is 5.69 Å². The third-order valence-corrected chi connectivity index (χ3v) is 5.08. The van der Waals surface area contributed by atoms with Crippen LogP contribution in [-0.2, 0) is 0 Å². The van der Waals surface area contributed by atoms with Crippen LogP contribution >= 0.6 is 22.6 Å². The van der Waals surface area contributed by atoms with E-state index in [-0.39, 0.29) is 3.57 Å². The molecule has 1 aromatic heterocycles. The van der Waals surface area contributed by atoms with E-state index in [4.69, 9.17) is 0 Å². The van der Waals surface area contributed by atoms with Gasteiger partial charge < -0.3 is 9.67 Å². The van der Waals surface area contributed by atoms with Gasteiger partial charge in [0.1, 0.15) is 0 Å². The van der Waals surface area contributed by atoms with Crippen LogP contribution < -0.4 is 10.5 Å². The number of carbonyl (C=O) groups is 1. The van der Waals surface area contributed by atoms with E-state index < -0.39 is 22.3 Å². The summed E-state index contributed by atoms with van der Waals surface area (Å²) in [5, 5.41) is 26.5. The fourth-order valence-electron chi connectivity index (χ4n) is 2.88. The highest BCUT2D eigenvalue weighted by Crippen LogP contribution is 2.29. The molecule has 1 heterocycles. The van der Waals surface area contributed by atoms with Crippen LogP contribution in [0.5, 0.6) is 5.75 Å². The molecule has 0 saturated carbocycles. The summed E-state index contributed by atoms with van der Waals surface area (Å²) in [6.07, 6.45) is 1.26. The monoisotopic (exact) mass is 503 g/mol. The summed E-state index contributed by atoms with van der Waals surface area (Å²) >= 11 is 1.73. The average molecular weight is 503 g/mol. The zero-order valence-electron chi connectivity index (χ0n) is 15.5. The fraction of sp³-hybridized carbons (Fsp3) is 0.100. The van der Waals surface area contributed by atoms with Gasteiger partial charge in [0.25, 0.3) is 11.6 Å². The summed E-state index contributed by atoms with van der Waals surface area (Å²) in [6, 6.07) is 13.7. The Morgan fingerprint density at radius 2 is 1.76 bits per heavy atom. The number of rotatable bonds is 5. The van der Waals surface area contributed by atoms with Crippen LogP contribution in [0.1, 0.15) is 27.3 Å². The number of carbonyl (C=O) groups excluding carboxylic acids is 1. The van der Waals surface area contributed by atoms with Crippen LogP contribution in [0, 0.1) is 27.5 Å². The molecule has 9 heteroatoms. The molecule has 0 saturated heterocycles. The predicted octanol–water partition coefficient (Wildman–Crippen LogP) is 3.44. The minimum Gasteiger partial charge on any atom is -0.867 e. The summed E-state index contributed by atoms with van der Waals surface area (Å²) < 4.78 is 2.28. The zero-order valence-corrected chi connectivity index (χ0v) is 17.7. The number of nitro groups is 1. The Bertz CT molecular complexity index is 1100. The number of nitrogens with one attached hydrogen (secondary N) is 1. The molecule has 8 nitrogen and oxygen atoms in total. The van der Waals surface area contributed by atoms with Crippen LogP contribution in [-0.4, -0.2) is 21.6 Å². The molecule has 0 atom stereocenters. The molecular weight excluding hydrogens is 487 g/mol. The molecule has 2 aromatic carbocycles. The third-order valence-electron chi connectivity index (χ3n) is 4.28. The van der Waals surface area contributed by atoms with Gasteiger partial charge in [-0.2, -0.15) is 5.10 Å². The minimum absolute atomic E-state index is 0.204. The number of amides is 1. The smallest absolute Gasteiger partial charge is 0.271 e. The summed E-state index contributed by atoms with van der Waals surface area (Å²) in [6.45, 7) is 4.01. The van der Waals surface area contributed by atoms with Crippen molar-refractivity contribution in [1.29, 1.82) is 0 Å². The first-order chi connectivity index (χ1) is 13.8. The second kappa shape index (κ2) is 8.43. The molecule has 0 radical (unpaired) electrons. The Balaban J connectivity index is 1.72. The SMILES string of the molecule is Cc1ccc(C)n1-c1ccc(C(=O)N/N=C\c2cc(I)c([O-])c([N+](=O)[O-])c2)cc1. The first kappa shape index (κ1) is 20.5. The van der Waals surface area contributed by atoms with Crippen LogP contribution in [0.25, 0.3) is 5.69 Å². The van der Waals surface area contributed by atoms with Crippen molar-refractivity contribution < 1.29 is 14.8 Å². The van der Waals surface area contributed by atoms with Crippen molar-refractivity contribution in [3.63, 3.8) is 0 Å². The number of hydrazone groups is 1. The molecule has 148 valence electrons. The molecule has 0 spiro atoms. The van der Waals surface area contributed by atoms with Crippen molar-refractivity contribution in [2.45, 2.75) is 13.8 Å². The first-order valence-corrected chi connectivity index (χ1v) is 9.59. The first-order valence-electron chi connectivity index (χ1n) is 8.51. The van der Waals surface area contributed by atoms with Crippen molar-refractivity contribution in [2.24, 2.45) is 5.10 Å². The lowest BCUT2D eigenvalue weighted by molar-refractivity contribution is -0.398. The largest absolute Gasteiger partial charge is 0.867 e. The summed E-state index contributed by atoms with van der Waals surface area (Å²) in [5.41, 5.74) is 5.75. The molecule has 0 fully saturated rings. The molecule has 0 bridgehead atoms. The lowest BCUT2D eigenvalue weighted by atomic mass is 10.2. The Labute approximate surface area is 180 Å². The van der Waals surface area contributed by atoms with E-state index in [1.165, 1.54) is 12.3 Å². The Morgan fingerprint density at radius 3 is 2.34 bits per heavy atom. The fourth-order valence-corrected chi connectivity index (χ4v) is 3.51. The summed E-state index contributed by atoms with van der Waals surface area (Å²) in [7, 11) is 0. The normalized spacial score (nSPS) is 11.0. The van der Waals surface area contributed by atoms with E-state index in [0.29, 0.717) is 11.1 Å². The second-order valence-electron chi connectivity index (χ2n) is 6.31. The van der Waals surface area contributed by atoms with E-state index in [9.17, 15) is 20.0 Å². The molecular formula is C20H16IN4O4-. The van der Waals surface area contributed by atoms with Gasteiger partial charge in [-0.25, -0.2) is 5.43 Å². The van der Waals surface area contributed by atoms with Gasteiger partial charge in [0.2, 0.25) is 0 Å². The summed E-state index contributed by atoms with van der Waals surface area (Å²) in [4.78, 5) is 22.5. The van der Waals surface area contributed by atoms with Crippen molar-refractivity contribution in [3.8, 4) is 11.4 Å². The van der Waals surface area contributed by atoms with Crippen molar-refractivity contribution in [1.82, 2.24) is 9.99 Å². The Kier molecular flexibility index (Phi) is 5.97. The third kappa shape index (κ3) is 4.45. The van der Waals surface area contributed by atoms with E-state index in [2.05, 4.69) is 15.1 Å². The van der Waals surface area contributed by atoms with E-state index >= 15 is 0 Å². The quantitative estimate of drug-likeness (QED) is 0.249.